The molecule has 5 heteroatoms. The molecule has 0 saturated carbocycles. The van der Waals surface area contributed by atoms with Crippen LogP contribution in [0.2, 0.25) is 19.6 Å². The smallest absolute Gasteiger partial charge is 0.256 e. The maximum Gasteiger partial charge on any atom is 0.416 e. The van der Waals surface area contributed by atoms with Crippen molar-refractivity contribution in [2.45, 2.75) is 32.7 Å². The lowest BCUT2D eigenvalue weighted by Gasteiger charge is -2.19. The molecule has 0 fully saturated rings. The summed E-state index contributed by atoms with van der Waals surface area (Å²) < 4.78 is 37.7. The topological polar surface area (TPSA) is 12.9 Å². The lowest BCUT2D eigenvalue weighted by Crippen LogP contribution is -2.39. The zero-order chi connectivity index (χ0) is 15.8. The monoisotopic (exact) mass is 309 g/mol. The van der Waals surface area contributed by atoms with Gasteiger partial charge >= 0.3 is 6.18 Å². The van der Waals surface area contributed by atoms with E-state index in [1.807, 2.05) is 19.2 Å². The Morgan fingerprint density at radius 2 is 1.57 bits per heavy atom. The molecule has 0 bridgehead atoms. The highest BCUT2D eigenvalue weighted by molar-refractivity contribution is 6.89. The Labute approximate surface area is 123 Å². The summed E-state index contributed by atoms with van der Waals surface area (Å²) in [5.41, 5.74) is 1.93. The predicted octanol–water partition coefficient (Wildman–Crippen LogP) is 4.62. The lowest BCUT2D eigenvalue weighted by atomic mass is 10.1. The number of aryl methyl sites for hydroxylation is 1. The van der Waals surface area contributed by atoms with Crippen molar-refractivity contribution in [3.63, 3.8) is 0 Å². The number of hydrogen-bond acceptors (Lipinski definition) is 1. The minimum absolute atomic E-state index is 0.637. The van der Waals surface area contributed by atoms with Gasteiger partial charge in [0.25, 0.3) is 0 Å². The molecule has 1 aromatic heterocycles. The van der Waals surface area contributed by atoms with Crippen LogP contribution in [0.1, 0.15) is 11.1 Å². The van der Waals surface area contributed by atoms with Gasteiger partial charge < -0.3 is 0 Å². The van der Waals surface area contributed by atoms with Crippen molar-refractivity contribution in [3.05, 3.63) is 47.7 Å². The summed E-state index contributed by atoms with van der Waals surface area (Å²) in [5.74, 6) is 0. The molecule has 1 nitrogen and oxygen atoms in total. The number of hydrogen-bond donors (Lipinski definition) is 0. The third kappa shape index (κ3) is 3.53. The standard InChI is InChI=1S/C16H18F3NSi/c1-11-9-14(20-10-15(11)21(2,3)4)12-5-7-13(8-6-12)16(17,18)19/h5-10H,1-4H3. The highest BCUT2D eigenvalue weighted by Crippen LogP contribution is 2.30. The Hall–Kier alpha value is -1.62. The van der Waals surface area contributed by atoms with Gasteiger partial charge in [-0.1, -0.05) is 31.8 Å². The Bertz CT molecular complexity index is 640. The molecule has 0 spiro atoms. The number of benzene rings is 1. The highest BCUT2D eigenvalue weighted by Gasteiger charge is 2.30. The fourth-order valence-electron chi connectivity index (χ4n) is 2.33. The zero-order valence-corrected chi connectivity index (χ0v) is 13.5. The molecule has 0 unspecified atom stereocenters. The number of aromatic nitrogens is 1. The van der Waals surface area contributed by atoms with Gasteiger partial charge in [0.15, 0.2) is 0 Å². The van der Waals surface area contributed by atoms with Crippen LogP contribution < -0.4 is 5.19 Å². The molecule has 2 aromatic rings. The van der Waals surface area contributed by atoms with Crippen molar-refractivity contribution in [1.29, 1.82) is 0 Å². The molecule has 1 aromatic carbocycles. The second kappa shape index (κ2) is 5.29. The average molecular weight is 309 g/mol. The predicted molar refractivity (Wildman–Crippen MR) is 82.4 cm³/mol. The van der Waals surface area contributed by atoms with Crippen LogP contribution in [0.4, 0.5) is 13.2 Å². The molecule has 0 atom stereocenters. The van der Waals surface area contributed by atoms with Gasteiger partial charge in [-0.05, 0) is 35.9 Å². The van der Waals surface area contributed by atoms with E-state index in [0.29, 0.717) is 11.3 Å². The van der Waals surface area contributed by atoms with Crippen molar-refractivity contribution >= 4 is 13.3 Å². The van der Waals surface area contributed by atoms with Gasteiger partial charge in [0.2, 0.25) is 0 Å². The van der Waals surface area contributed by atoms with E-state index >= 15 is 0 Å². The van der Waals surface area contributed by atoms with E-state index < -0.39 is 19.8 Å². The van der Waals surface area contributed by atoms with Gasteiger partial charge in [0, 0.05) is 11.8 Å². The number of nitrogens with zero attached hydrogens (tertiary/aromatic N) is 1. The third-order valence-corrected chi connectivity index (χ3v) is 5.57. The summed E-state index contributed by atoms with van der Waals surface area (Å²) in [7, 11) is -1.45. The quantitative estimate of drug-likeness (QED) is 0.738. The fourth-order valence-corrected chi connectivity index (χ4v) is 4.04. The van der Waals surface area contributed by atoms with E-state index in [1.165, 1.54) is 17.3 Å². The van der Waals surface area contributed by atoms with Crippen molar-refractivity contribution in [2.24, 2.45) is 0 Å². The van der Waals surface area contributed by atoms with E-state index in [0.717, 1.165) is 17.7 Å². The Morgan fingerprint density at radius 1 is 1.00 bits per heavy atom. The van der Waals surface area contributed by atoms with E-state index in [1.54, 1.807) is 0 Å². The molecule has 0 aliphatic heterocycles. The van der Waals surface area contributed by atoms with E-state index in [-0.39, 0.29) is 0 Å². The normalized spacial score (nSPS) is 12.5. The number of alkyl halides is 3. The van der Waals surface area contributed by atoms with Gasteiger partial charge in [-0.3, -0.25) is 4.98 Å². The Kier molecular flexibility index (Phi) is 3.97. The molecule has 2 rings (SSSR count). The minimum atomic E-state index is -4.30. The maximum absolute atomic E-state index is 12.6. The van der Waals surface area contributed by atoms with Crippen molar-refractivity contribution < 1.29 is 13.2 Å². The van der Waals surface area contributed by atoms with E-state index in [9.17, 15) is 13.2 Å². The van der Waals surface area contributed by atoms with E-state index in [4.69, 9.17) is 0 Å². The van der Waals surface area contributed by atoms with Crippen molar-refractivity contribution in [2.75, 3.05) is 0 Å². The third-order valence-electron chi connectivity index (χ3n) is 3.43. The van der Waals surface area contributed by atoms with Gasteiger partial charge in [-0.2, -0.15) is 13.2 Å². The van der Waals surface area contributed by atoms with E-state index in [2.05, 4.69) is 24.6 Å². The molecule has 0 amide bonds. The van der Waals surface area contributed by atoms with Crippen LogP contribution >= 0.6 is 0 Å². The van der Waals surface area contributed by atoms with Crippen LogP contribution in [0, 0.1) is 6.92 Å². The molecule has 0 N–H and O–H groups in total. The fraction of sp³-hybridized carbons (Fsp3) is 0.312. The number of rotatable bonds is 2. The molecule has 0 radical (unpaired) electrons. The van der Waals surface area contributed by atoms with Crippen LogP contribution in [0.3, 0.4) is 0 Å². The number of pyridine rings is 1. The first kappa shape index (κ1) is 15.8. The molecule has 0 aliphatic rings. The number of halogens is 3. The lowest BCUT2D eigenvalue weighted by molar-refractivity contribution is -0.137. The summed E-state index contributed by atoms with van der Waals surface area (Å²) in [4.78, 5) is 4.42. The second-order valence-corrected chi connectivity index (χ2v) is 11.2. The SMILES string of the molecule is Cc1cc(-c2ccc(C(F)(F)F)cc2)ncc1[Si](C)(C)C. The van der Waals surface area contributed by atoms with Gasteiger partial charge in [-0.15, -0.1) is 0 Å². The van der Waals surface area contributed by atoms with Crippen LogP contribution in [-0.2, 0) is 6.18 Å². The molecular weight excluding hydrogens is 291 g/mol. The summed E-state index contributed by atoms with van der Waals surface area (Å²) in [6.45, 7) is 8.77. The summed E-state index contributed by atoms with van der Waals surface area (Å²) in [6, 6.07) is 7.09. The van der Waals surface area contributed by atoms with Crippen LogP contribution in [0.15, 0.2) is 36.5 Å². The summed E-state index contributed by atoms with van der Waals surface area (Å²) in [6.07, 6.45) is -2.43. The Morgan fingerprint density at radius 3 is 2.00 bits per heavy atom. The van der Waals surface area contributed by atoms with Gasteiger partial charge in [0.1, 0.15) is 0 Å². The molecule has 1 heterocycles. The minimum Gasteiger partial charge on any atom is -0.256 e. The average Bonchev–Trinajstić information content (AvgIpc) is 2.36. The summed E-state index contributed by atoms with van der Waals surface area (Å²) in [5, 5.41) is 1.28. The first-order valence-corrected chi connectivity index (χ1v) is 10.2. The second-order valence-electron chi connectivity index (χ2n) is 6.21. The molecule has 112 valence electrons. The summed E-state index contributed by atoms with van der Waals surface area (Å²) >= 11 is 0. The van der Waals surface area contributed by atoms with Crippen molar-refractivity contribution in [1.82, 2.24) is 4.98 Å². The first-order chi connectivity index (χ1) is 9.59. The largest absolute Gasteiger partial charge is 0.416 e. The molecular formula is C16H18F3NSi. The van der Waals surface area contributed by atoms with Gasteiger partial charge in [-0.25, -0.2) is 0 Å². The van der Waals surface area contributed by atoms with Gasteiger partial charge in [0.05, 0.1) is 19.3 Å². The molecule has 0 aliphatic carbocycles. The molecule has 21 heavy (non-hydrogen) atoms. The van der Waals surface area contributed by atoms with Crippen LogP contribution in [0.25, 0.3) is 11.3 Å². The Balaban J connectivity index is 2.37. The first-order valence-electron chi connectivity index (χ1n) is 6.74. The van der Waals surface area contributed by atoms with Crippen LogP contribution in [-0.4, -0.2) is 13.1 Å². The maximum atomic E-state index is 12.6. The highest BCUT2D eigenvalue weighted by atomic mass is 28.3. The van der Waals surface area contributed by atoms with Crippen LogP contribution in [0.5, 0.6) is 0 Å². The van der Waals surface area contributed by atoms with Crippen molar-refractivity contribution in [3.8, 4) is 11.3 Å². The zero-order valence-electron chi connectivity index (χ0n) is 12.5. The molecule has 0 saturated heterocycles.